The molecule has 3 aliphatic heterocycles. The molecule has 4 heterocycles. The van der Waals surface area contributed by atoms with Crippen LogP contribution in [0.5, 0.6) is 0 Å². The highest BCUT2D eigenvalue weighted by Crippen LogP contribution is 2.40. The van der Waals surface area contributed by atoms with Crippen molar-refractivity contribution in [3.63, 3.8) is 0 Å². The summed E-state index contributed by atoms with van der Waals surface area (Å²) in [5.74, 6) is -4.99. The van der Waals surface area contributed by atoms with Crippen LogP contribution in [0, 0.1) is 23.7 Å². The number of carbonyl (C=O) groups is 4. The molecule has 304 valence electrons. The zero-order valence-electron chi connectivity index (χ0n) is 34.1. The molecule has 2 aromatic rings. The van der Waals surface area contributed by atoms with Crippen molar-refractivity contribution in [1.29, 1.82) is 0 Å². The van der Waals surface area contributed by atoms with Gasteiger partial charge >= 0.3 is 12.1 Å². The topological polar surface area (TPSA) is 163 Å². The predicted octanol–water partition coefficient (Wildman–Crippen LogP) is 5.03. The van der Waals surface area contributed by atoms with Gasteiger partial charge in [-0.1, -0.05) is 45.9 Å². The molecule has 0 aliphatic carbocycles. The Hall–Kier alpha value is -3.49. The molecule has 0 saturated carbocycles. The first-order chi connectivity index (χ1) is 25.9. The van der Waals surface area contributed by atoms with Crippen LogP contribution in [-0.2, 0) is 44.5 Å². The van der Waals surface area contributed by atoms with E-state index < -0.39 is 83.4 Å². The summed E-state index contributed by atoms with van der Waals surface area (Å²) in [4.78, 5) is 61.9. The number of amides is 1. The number of benzene rings is 1. The van der Waals surface area contributed by atoms with Gasteiger partial charge in [-0.25, -0.2) is 4.79 Å². The normalized spacial score (nSPS) is 37.9. The van der Waals surface area contributed by atoms with Gasteiger partial charge in [0.25, 0.3) is 0 Å². The van der Waals surface area contributed by atoms with E-state index in [0.29, 0.717) is 19.3 Å². The summed E-state index contributed by atoms with van der Waals surface area (Å²) < 4.78 is 31.5. The van der Waals surface area contributed by atoms with Crippen LogP contribution in [0.25, 0.3) is 10.9 Å². The minimum atomic E-state index is -1.37. The average Bonchev–Trinajstić information content (AvgIpc) is 3.47. The van der Waals surface area contributed by atoms with Crippen molar-refractivity contribution in [1.82, 2.24) is 15.2 Å². The molecule has 3 saturated heterocycles. The van der Waals surface area contributed by atoms with Crippen LogP contribution >= 0.6 is 0 Å². The number of fused-ring (bicyclic) bond motifs is 2. The zero-order valence-corrected chi connectivity index (χ0v) is 34.1. The van der Waals surface area contributed by atoms with Gasteiger partial charge in [-0.05, 0) is 91.6 Å². The fraction of sp³-hybridized carbons (Fsp3) is 0.690. The highest BCUT2D eigenvalue weighted by Gasteiger charge is 2.57. The molecular formula is C42H61N3O10. The molecule has 13 atom stereocenters. The Balaban J connectivity index is 1.52. The number of aliphatic hydroxyl groups is 1. The third-order valence-corrected chi connectivity index (χ3v) is 12.1. The third kappa shape index (κ3) is 9.06. The van der Waals surface area contributed by atoms with Crippen molar-refractivity contribution in [2.45, 2.75) is 141 Å². The summed E-state index contributed by atoms with van der Waals surface area (Å²) in [5.41, 5.74) is -0.726. The number of alkyl carbamates (subject to hydrolysis) is 1. The molecule has 3 fully saturated rings. The number of hydrogen-bond acceptors (Lipinski definition) is 12. The molecule has 1 amide bonds. The van der Waals surface area contributed by atoms with Crippen LogP contribution in [0.15, 0.2) is 36.5 Å². The predicted molar refractivity (Wildman–Crippen MR) is 205 cm³/mol. The molecule has 2 N–H and O–H groups in total. The van der Waals surface area contributed by atoms with Gasteiger partial charge in [-0.2, -0.15) is 0 Å². The van der Waals surface area contributed by atoms with Crippen molar-refractivity contribution < 1.29 is 48.0 Å². The van der Waals surface area contributed by atoms with E-state index in [0.717, 1.165) is 16.5 Å². The van der Waals surface area contributed by atoms with Crippen LogP contribution in [-0.4, -0.2) is 113 Å². The van der Waals surface area contributed by atoms with Gasteiger partial charge in [0.05, 0.1) is 29.4 Å². The van der Waals surface area contributed by atoms with Gasteiger partial charge in [-0.15, -0.1) is 0 Å². The number of hydrogen-bond donors (Lipinski definition) is 2. The van der Waals surface area contributed by atoms with Gasteiger partial charge in [0.15, 0.2) is 17.7 Å². The number of nitrogens with one attached hydrogen (secondary N) is 1. The largest absolute Gasteiger partial charge is 0.458 e. The average molecular weight is 768 g/mol. The van der Waals surface area contributed by atoms with E-state index in [1.165, 1.54) is 6.92 Å². The summed E-state index contributed by atoms with van der Waals surface area (Å²) in [6.07, 6.45) is -1.12. The lowest BCUT2D eigenvalue weighted by Crippen LogP contribution is -2.60. The number of ketones is 2. The van der Waals surface area contributed by atoms with Crippen LogP contribution < -0.4 is 5.32 Å². The van der Waals surface area contributed by atoms with Crippen molar-refractivity contribution in [3.8, 4) is 0 Å². The van der Waals surface area contributed by atoms with E-state index in [1.807, 2.05) is 70.2 Å². The third-order valence-electron chi connectivity index (χ3n) is 12.1. The lowest BCUT2D eigenvalue weighted by molar-refractivity contribution is -0.297. The van der Waals surface area contributed by atoms with Crippen molar-refractivity contribution in [2.24, 2.45) is 23.7 Å². The first-order valence-corrected chi connectivity index (χ1v) is 19.8. The second-order valence-corrected chi connectivity index (χ2v) is 16.7. The van der Waals surface area contributed by atoms with Crippen LogP contribution in [0.2, 0.25) is 0 Å². The second kappa shape index (κ2) is 17.3. The molecule has 13 nitrogen and oxygen atoms in total. The quantitative estimate of drug-likeness (QED) is 0.199. The van der Waals surface area contributed by atoms with Gasteiger partial charge in [0.1, 0.15) is 23.9 Å². The molecule has 55 heavy (non-hydrogen) atoms. The molecule has 0 bridgehead atoms. The Labute approximate surface area is 325 Å². The second-order valence-electron chi connectivity index (χ2n) is 16.7. The number of pyridine rings is 1. The van der Waals surface area contributed by atoms with Crippen LogP contribution in [0.3, 0.4) is 0 Å². The molecule has 0 radical (unpaired) electrons. The number of likely N-dealkylation sites (N-methyl/N-ethyl adjacent to an activating group) is 1. The maximum absolute atomic E-state index is 14.4. The number of carbonyl (C=O) groups excluding carboxylic acids is 4. The van der Waals surface area contributed by atoms with E-state index in [9.17, 15) is 24.3 Å². The number of cyclic esters (lactones) is 1. The summed E-state index contributed by atoms with van der Waals surface area (Å²) in [5, 5.41) is 15.4. The minimum Gasteiger partial charge on any atom is -0.458 e. The number of aryl methyl sites for hydroxylation is 1. The highest BCUT2D eigenvalue weighted by molar-refractivity contribution is 6.00. The van der Waals surface area contributed by atoms with Crippen LogP contribution in [0.1, 0.15) is 86.6 Å². The molecule has 3 aliphatic rings. The maximum atomic E-state index is 14.4. The number of aliphatic hydroxyl groups excluding tert-OH is 1. The molecule has 1 aromatic carbocycles. The van der Waals surface area contributed by atoms with E-state index in [2.05, 4.69) is 16.4 Å². The number of aromatic nitrogens is 1. The Kier molecular flexibility index (Phi) is 13.4. The van der Waals surface area contributed by atoms with E-state index in [4.69, 9.17) is 23.7 Å². The highest BCUT2D eigenvalue weighted by atomic mass is 16.7. The monoisotopic (exact) mass is 767 g/mol. The van der Waals surface area contributed by atoms with Crippen molar-refractivity contribution in [3.05, 3.63) is 42.1 Å². The van der Waals surface area contributed by atoms with Gasteiger partial charge in [0.2, 0.25) is 0 Å². The standard InChI is InChI=1S/C42H61N3O10/c1-11-32-42(8)36(44-40(50)55-42)25(4)33(46)23(2)21-41(7,51-18-14-15-28-20-29-16-12-13-17-30(29)43-22-28)37(26(5)34(47)27(6)38(49)53-32)54-39-35(48)31(45(9)10)19-24(3)52-39/h12-13,16-17,20,22-27,31-32,35-37,39,48H,11,14-15,18-19,21H2,1-10H3,(H,44,50)/t23-,24-,25-,26+,27-,31+,32+,35-,36-,37-,39+,41+,42-/m1/s1. The fourth-order valence-corrected chi connectivity index (χ4v) is 8.96. The Morgan fingerprint density at radius 1 is 1.02 bits per heavy atom. The maximum Gasteiger partial charge on any atom is 0.408 e. The lowest BCUT2D eigenvalue weighted by atomic mass is 9.73. The number of ether oxygens (including phenoxy) is 5. The fourth-order valence-electron chi connectivity index (χ4n) is 8.96. The summed E-state index contributed by atoms with van der Waals surface area (Å²) in [6.45, 7) is 14.1. The van der Waals surface area contributed by atoms with E-state index >= 15 is 0 Å². The number of esters is 1. The summed E-state index contributed by atoms with van der Waals surface area (Å²) >= 11 is 0. The Bertz CT molecular complexity index is 1700. The molecule has 5 rings (SSSR count). The van der Waals surface area contributed by atoms with E-state index in [-0.39, 0.29) is 37.4 Å². The van der Waals surface area contributed by atoms with Crippen molar-refractivity contribution in [2.75, 3.05) is 20.7 Å². The van der Waals surface area contributed by atoms with Crippen LogP contribution in [0.4, 0.5) is 4.79 Å². The SMILES string of the molecule is CC[C@@H]1OC(=O)[C@H](C)C(=O)[C@H](C)[C@@H](O[C@@H]2O[C@H](C)C[C@H](N(C)C)[C@H]2O)[C@@](C)(OCCCc2cnc3ccccc3c2)C[C@@H](C)C(=O)[C@@H](C)[C@H]2NC(=O)O[C@]12C. The number of nitrogens with zero attached hydrogens (tertiary/aromatic N) is 2. The smallest absolute Gasteiger partial charge is 0.408 e. The zero-order chi connectivity index (χ0) is 40.4. The molecular weight excluding hydrogens is 706 g/mol. The first-order valence-electron chi connectivity index (χ1n) is 19.8. The molecule has 13 heteroatoms. The Morgan fingerprint density at radius 2 is 1.73 bits per heavy atom. The van der Waals surface area contributed by atoms with Gasteiger partial charge in [-0.3, -0.25) is 19.4 Å². The number of rotatable bonds is 9. The van der Waals surface area contributed by atoms with Crippen molar-refractivity contribution >= 4 is 34.5 Å². The number of Topliss-reactive ketones (excluding diaryl/α,β-unsaturated/α-hetero) is 2. The van der Waals surface area contributed by atoms with E-state index in [1.54, 1.807) is 27.7 Å². The first kappa shape index (κ1) is 42.6. The minimum absolute atomic E-state index is 0.125. The molecule has 0 unspecified atom stereocenters. The summed E-state index contributed by atoms with van der Waals surface area (Å²) in [7, 11) is 3.76. The molecule has 1 aromatic heterocycles. The lowest BCUT2D eigenvalue weighted by Gasteiger charge is -2.47. The van der Waals surface area contributed by atoms with Gasteiger partial charge < -0.3 is 39.0 Å². The summed E-state index contributed by atoms with van der Waals surface area (Å²) in [6, 6.07) is 8.91. The number of para-hydroxylation sites is 1. The van der Waals surface area contributed by atoms with Gasteiger partial charge in [0, 0.05) is 42.0 Å². The Morgan fingerprint density at radius 3 is 2.42 bits per heavy atom. The molecule has 0 spiro atoms.